The minimum absolute atomic E-state index is 0. The van der Waals surface area contributed by atoms with E-state index in [4.69, 9.17) is 10.2 Å². The summed E-state index contributed by atoms with van der Waals surface area (Å²) in [4.78, 5) is 1.92. The molecular formula is C13H27ClF2N2O2. The van der Waals surface area contributed by atoms with Crippen LogP contribution in [0.3, 0.4) is 0 Å². The van der Waals surface area contributed by atoms with Crippen molar-refractivity contribution in [2.45, 2.75) is 37.0 Å². The molecule has 0 amide bonds. The predicted molar refractivity (Wildman–Crippen MR) is 77.9 cm³/mol. The lowest BCUT2D eigenvalue weighted by Crippen LogP contribution is -2.45. The second kappa shape index (κ2) is 9.10. The van der Waals surface area contributed by atoms with Gasteiger partial charge >= 0.3 is 0 Å². The number of nitrogens with one attached hydrogen (secondary N) is 1. The number of hydrogen-bond acceptors (Lipinski definition) is 4. The summed E-state index contributed by atoms with van der Waals surface area (Å²) in [7, 11) is 1.88. The highest BCUT2D eigenvalue weighted by Crippen LogP contribution is 2.23. The SMILES string of the molecule is CN1CCC[C@](F)(CO)C1.Cl.OC[C@@]1(F)CCCNC1. The number of likely N-dealkylation sites (tertiary alicyclic amines) is 1. The quantitative estimate of drug-likeness (QED) is 0.709. The maximum absolute atomic E-state index is 13.3. The van der Waals surface area contributed by atoms with Crippen LogP contribution in [-0.2, 0) is 0 Å². The van der Waals surface area contributed by atoms with Crippen LogP contribution in [0.15, 0.2) is 0 Å². The lowest BCUT2D eigenvalue weighted by molar-refractivity contribution is 0.00755. The summed E-state index contributed by atoms with van der Waals surface area (Å²) in [6.07, 6.45) is 2.69. The van der Waals surface area contributed by atoms with Crippen LogP contribution in [0.4, 0.5) is 8.78 Å². The molecular weight excluding hydrogens is 290 g/mol. The topological polar surface area (TPSA) is 55.7 Å². The molecule has 0 bridgehead atoms. The van der Waals surface area contributed by atoms with E-state index in [2.05, 4.69) is 5.32 Å². The third-order valence-corrected chi connectivity index (χ3v) is 3.70. The van der Waals surface area contributed by atoms with Crippen LogP contribution >= 0.6 is 12.4 Å². The monoisotopic (exact) mass is 316 g/mol. The average molecular weight is 317 g/mol. The second-order valence-corrected chi connectivity index (χ2v) is 5.74. The number of rotatable bonds is 2. The Morgan fingerprint density at radius 2 is 1.70 bits per heavy atom. The van der Waals surface area contributed by atoms with Crippen LogP contribution in [0, 0.1) is 0 Å². The number of alkyl halides is 2. The molecule has 0 saturated carbocycles. The largest absolute Gasteiger partial charge is 0.393 e. The Morgan fingerprint density at radius 3 is 2.05 bits per heavy atom. The summed E-state index contributed by atoms with van der Waals surface area (Å²) in [6, 6.07) is 0. The molecule has 3 N–H and O–H groups in total. The summed E-state index contributed by atoms with van der Waals surface area (Å²) in [5, 5.41) is 20.1. The molecule has 122 valence electrons. The Morgan fingerprint density at radius 1 is 1.10 bits per heavy atom. The Kier molecular flexibility index (Phi) is 9.09. The fourth-order valence-electron chi connectivity index (χ4n) is 2.50. The number of nitrogens with zero attached hydrogens (tertiary/aromatic N) is 1. The zero-order valence-corrected chi connectivity index (χ0v) is 12.9. The number of halogens is 3. The van der Waals surface area contributed by atoms with Gasteiger partial charge < -0.3 is 20.4 Å². The molecule has 0 spiro atoms. The molecule has 2 saturated heterocycles. The molecule has 0 aromatic rings. The number of aliphatic hydroxyl groups excluding tert-OH is 2. The van der Waals surface area contributed by atoms with Gasteiger partial charge in [-0.2, -0.15) is 0 Å². The molecule has 7 heteroatoms. The summed E-state index contributed by atoms with van der Waals surface area (Å²) in [6.45, 7) is 1.83. The van der Waals surface area contributed by atoms with Gasteiger partial charge in [-0.05, 0) is 45.8 Å². The van der Waals surface area contributed by atoms with Gasteiger partial charge in [0.1, 0.15) is 11.3 Å². The van der Waals surface area contributed by atoms with E-state index in [0.717, 1.165) is 25.9 Å². The minimum Gasteiger partial charge on any atom is -0.393 e. The second-order valence-electron chi connectivity index (χ2n) is 5.74. The van der Waals surface area contributed by atoms with Crippen molar-refractivity contribution >= 4 is 12.4 Å². The van der Waals surface area contributed by atoms with Gasteiger partial charge in [-0.3, -0.25) is 0 Å². The molecule has 2 fully saturated rings. The van der Waals surface area contributed by atoms with Crippen molar-refractivity contribution in [3.63, 3.8) is 0 Å². The number of piperidine rings is 2. The van der Waals surface area contributed by atoms with Gasteiger partial charge in [0.2, 0.25) is 0 Å². The van der Waals surface area contributed by atoms with Crippen molar-refractivity contribution in [3.05, 3.63) is 0 Å². The van der Waals surface area contributed by atoms with Gasteiger partial charge in [0.15, 0.2) is 0 Å². The van der Waals surface area contributed by atoms with E-state index in [1.807, 2.05) is 11.9 Å². The molecule has 2 heterocycles. The smallest absolute Gasteiger partial charge is 0.146 e. The predicted octanol–water partition coefficient (Wildman–Crippen LogP) is 0.905. The van der Waals surface area contributed by atoms with E-state index in [9.17, 15) is 8.78 Å². The average Bonchev–Trinajstić information content (AvgIpc) is 2.40. The van der Waals surface area contributed by atoms with E-state index < -0.39 is 11.3 Å². The maximum Gasteiger partial charge on any atom is 0.146 e. The Hall–Kier alpha value is -0.0100. The Balaban J connectivity index is 0.000000345. The first-order chi connectivity index (χ1) is 8.93. The van der Waals surface area contributed by atoms with E-state index >= 15 is 0 Å². The number of aliphatic hydroxyl groups is 2. The summed E-state index contributed by atoms with van der Waals surface area (Å²) < 4.78 is 26.2. The van der Waals surface area contributed by atoms with Crippen molar-refractivity contribution in [2.75, 3.05) is 46.4 Å². The standard InChI is InChI=1S/C7H14FNO.C6H12FNO.ClH/c1-9-4-2-3-7(8,5-9)6-10;7-6(5-9)2-1-3-8-4-6;/h10H,2-6H2,1H3;8-9H,1-5H2;1H/t7-;6-;/m11./s1. The van der Waals surface area contributed by atoms with Gasteiger partial charge in [0, 0.05) is 13.1 Å². The molecule has 0 unspecified atom stereocenters. The highest BCUT2D eigenvalue weighted by Gasteiger charge is 2.33. The van der Waals surface area contributed by atoms with Crippen LogP contribution in [0.1, 0.15) is 25.7 Å². The molecule has 2 aliphatic heterocycles. The summed E-state index contributed by atoms with van der Waals surface area (Å²) in [5.41, 5.74) is -2.66. The lowest BCUT2D eigenvalue weighted by Gasteiger charge is -2.33. The fraction of sp³-hybridized carbons (Fsp3) is 1.00. The van der Waals surface area contributed by atoms with Crippen LogP contribution in [0.5, 0.6) is 0 Å². The van der Waals surface area contributed by atoms with Crippen LogP contribution in [-0.4, -0.2) is 72.9 Å². The maximum atomic E-state index is 13.3. The molecule has 2 rings (SSSR count). The fourth-order valence-corrected chi connectivity index (χ4v) is 2.50. The van der Waals surface area contributed by atoms with E-state index in [-0.39, 0.29) is 25.6 Å². The minimum atomic E-state index is -1.34. The Labute approximate surface area is 125 Å². The first kappa shape index (κ1) is 20.0. The van der Waals surface area contributed by atoms with Gasteiger partial charge in [0.25, 0.3) is 0 Å². The zero-order chi connectivity index (χ0) is 14.4. The van der Waals surface area contributed by atoms with E-state index in [1.165, 1.54) is 0 Å². The van der Waals surface area contributed by atoms with Crippen LogP contribution in [0.2, 0.25) is 0 Å². The molecule has 0 aromatic carbocycles. The first-order valence-electron chi connectivity index (χ1n) is 6.92. The third kappa shape index (κ3) is 6.63. The van der Waals surface area contributed by atoms with E-state index in [1.54, 1.807) is 0 Å². The van der Waals surface area contributed by atoms with Gasteiger partial charge in [0.05, 0.1) is 13.2 Å². The molecule has 2 atom stereocenters. The van der Waals surface area contributed by atoms with E-state index in [0.29, 0.717) is 25.9 Å². The molecule has 0 aliphatic carbocycles. The lowest BCUT2D eigenvalue weighted by atomic mass is 9.96. The molecule has 2 aliphatic rings. The molecule has 0 aromatic heterocycles. The van der Waals surface area contributed by atoms with Gasteiger partial charge in [-0.25, -0.2) is 8.78 Å². The zero-order valence-electron chi connectivity index (χ0n) is 12.1. The highest BCUT2D eigenvalue weighted by atomic mass is 35.5. The van der Waals surface area contributed by atoms with Crippen molar-refractivity contribution in [1.82, 2.24) is 10.2 Å². The third-order valence-electron chi connectivity index (χ3n) is 3.70. The normalized spacial score (nSPS) is 34.6. The highest BCUT2D eigenvalue weighted by molar-refractivity contribution is 5.85. The van der Waals surface area contributed by atoms with Crippen molar-refractivity contribution < 1.29 is 19.0 Å². The number of hydrogen-bond donors (Lipinski definition) is 3. The first-order valence-corrected chi connectivity index (χ1v) is 6.92. The van der Waals surface area contributed by atoms with Gasteiger partial charge in [-0.1, -0.05) is 0 Å². The molecule has 4 nitrogen and oxygen atoms in total. The van der Waals surface area contributed by atoms with Crippen molar-refractivity contribution in [3.8, 4) is 0 Å². The van der Waals surface area contributed by atoms with Crippen LogP contribution < -0.4 is 5.32 Å². The Bertz CT molecular complexity index is 269. The van der Waals surface area contributed by atoms with Crippen LogP contribution in [0.25, 0.3) is 0 Å². The summed E-state index contributed by atoms with van der Waals surface area (Å²) in [5.74, 6) is 0. The molecule has 20 heavy (non-hydrogen) atoms. The summed E-state index contributed by atoms with van der Waals surface area (Å²) >= 11 is 0. The van der Waals surface area contributed by atoms with Gasteiger partial charge in [-0.15, -0.1) is 12.4 Å². The van der Waals surface area contributed by atoms with Crippen molar-refractivity contribution in [1.29, 1.82) is 0 Å². The van der Waals surface area contributed by atoms with Crippen molar-refractivity contribution in [2.24, 2.45) is 0 Å². The molecule has 0 radical (unpaired) electrons.